The lowest BCUT2D eigenvalue weighted by Gasteiger charge is -2.14. The predicted octanol–water partition coefficient (Wildman–Crippen LogP) is 1.78. The molecule has 0 saturated carbocycles. The van der Waals surface area contributed by atoms with Crippen molar-refractivity contribution in [2.75, 3.05) is 17.3 Å². The number of nitrogens with one attached hydrogen (secondary N) is 2. The number of benzene rings is 1. The Hall–Kier alpha value is -1.79. The zero-order chi connectivity index (χ0) is 14.3. The van der Waals surface area contributed by atoms with Gasteiger partial charge in [-0.2, -0.15) is 0 Å². The topological polar surface area (TPSA) is 73.3 Å². The Balaban J connectivity index is 2.18. The molecule has 0 aliphatic carbocycles. The summed E-state index contributed by atoms with van der Waals surface area (Å²) in [6, 6.07) is 7.29. The second kappa shape index (κ2) is 4.96. The van der Waals surface area contributed by atoms with Gasteiger partial charge in [-0.3, -0.25) is 15.0 Å². The average molecular weight is 308 g/mol. The number of alkyl halides is 1. The van der Waals surface area contributed by atoms with Crippen LogP contribution < -0.4 is 10.2 Å². The molecule has 2 amide bonds. The summed E-state index contributed by atoms with van der Waals surface area (Å²) < 4.78 is 0. The molecule has 2 aliphatic rings. The van der Waals surface area contributed by atoms with E-state index in [2.05, 4.69) is 5.32 Å². The summed E-state index contributed by atoms with van der Waals surface area (Å²) in [5, 5.41) is 9.94. The van der Waals surface area contributed by atoms with E-state index < -0.39 is 5.91 Å². The van der Waals surface area contributed by atoms with Gasteiger partial charge in [0.1, 0.15) is 0 Å². The highest BCUT2D eigenvalue weighted by Crippen LogP contribution is 2.42. The van der Waals surface area contributed by atoms with Gasteiger partial charge >= 0.3 is 0 Å². The summed E-state index contributed by atoms with van der Waals surface area (Å²) in [6.45, 7) is 0.387. The van der Waals surface area contributed by atoms with Crippen LogP contribution in [0, 0.1) is 5.41 Å². The number of carbonyl (C=O) groups is 2. The van der Waals surface area contributed by atoms with Crippen molar-refractivity contribution >= 4 is 51.6 Å². The molecule has 3 rings (SSSR count). The summed E-state index contributed by atoms with van der Waals surface area (Å²) in [5.41, 5.74) is 1.83. The SMILES string of the molecule is N=C1NC(=O)/C(=C2/C(=O)N(CCCl)c3ccccc32)S1. The molecule has 1 aromatic carbocycles. The minimum absolute atomic E-state index is 0.0403. The van der Waals surface area contributed by atoms with E-state index in [0.717, 1.165) is 23.0 Å². The number of anilines is 1. The van der Waals surface area contributed by atoms with Gasteiger partial charge in [0, 0.05) is 18.0 Å². The summed E-state index contributed by atoms with van der Waals surface area (Å²) in [5.74, 6) is -0.317. The molecule has 2 heterocycles. The fourth-order valence-electron chi connectivity index (χ4n) is 2.30. The Kier molecular flexibility index (Phi) is 3.27. The van der Waals surface area contributed by atoms with Crippen LogP contribution in [0.4, 0.5) is 5.69 Å². The fraction of sp³-hybridized carbons (Fsp3) is 0.154. The highest BCUT2D eigenvalue weighted by molar-refractivity contribution is 8.18. The van der Waals surface area contributed by atoms with E-state index >= 15 is 0 Å². The van der Waals surface area contributed by atoms with Crippen molar-refractivity contribution in [3.05, 3.63) is 34.7 Å². The van der Waals surface area contributed by atoms with Gasteiger partial charge in [-0.25, -0.2) is 0 Å². The molecule has 20 heavy (non-hydrogen) atoms. The number of nitrogens with zero attached hydrogens (tertiary/aromatic N) is 1. The standard InChI is InChI=1S/C13H10ClN3O2S/c14-5-6-17-8-4-2-1-3-7(8)9(12(17)19)10-11(18)16-13(15)20-10/h1-4H,5-6H2,(H2,15,16,18)/b10-9-. The van der Waals surface area contributed by atoms with Crippen LogP contribution in [0.25, 0.3) is 5.57 Å². The largest absolute Gasteiger partial charge is 0.306 e. The lowest BCUT2D eigenvalue weighted by atomic mass is 10.1. The van der Waals surface area contributed by atoms with Gasteiger partial charge in [0.2, 0.25) is 0 Å². The molecule has 102 valence electrons. The number of hydrogen-bond acceptors (Lipinski definition) is 4. The zero-order valence-corrected chi connectivity index (χ0v) is 11.8. The smallest absolute Gasteiger partial charge is 0.264 e. The maximum absolute atomic E-state index is 12.5. The van der Waals surface area contributed by atoms with Crippen LogP contribution in [0.3, 0.4) is 0 Å². The monoisotopic (exact) mass is 307 g/mol. The Morgan fingerprint density at radius 3 is 2.70 bits per heavy atom. The van der Waals surface area contributed by atoms with Crippen molar-refractivity contribution in [3.8, 4) is 0 Å². The van der Waals surface area contributed by atoms with Crippen LogP contribution in [-0.4, -0.2) is 29.4 Å². The number of carbonyl (C=O) groups excluding carboxylic acids is 2. The average Bonchev–Trinajstić information content (AvgIpc) is 2.88. The number of rotatable bonds is 2. The summed E-state index contributed by atoms with van der Waals surface area (Å²) in [4.78, 5) is 26.3. The maximum atomic E-state index is 12.5. The zero-order valence-electron chi connectivity index (χ0n) is 10.3. The van der Waals surface area contributed by atoms with Crippen molar-refractivity contribution < 1.29 is 9.59 Å². The van der Waals surface area contributed by atoms with Crippen LogP contribution >= 0.6 is 23.4 Å². The molecule has 0 atom stereocenters. The number of fused-ring (bicyclic) bond motifs is 1. The second-order valence-electron chi connectivity index (χ2n) is 4.25. The first-order valence-corrected chi connectivity index (χ1v) is 7.28. The lowest BCUT2D eigenvalue weighted by Crippen LogP contribution is -2.29. The van der Waals surface area contributed by atoms with Crippen LogP contribution in [0.5, 0.6) is 0 Å². The third kappa shape index (κ3) is 1.92. The summed E-state index contributed by atoms with van der Waals surface area (Å²) >= 11 is 6.72. The van der Waals surface area contributed by atoms with Crippen molar-refractivity contribution in [1.82, 2.24) is 5.32 Å². The van der Waals surface area contributed by atoms with Gasteiger partial charge in [0.05, 0.1) is 16.2 Å². The first-order chi connectivity index (χ1) is 9.63. The molecule has 2 N–H and O–H groups in total. The number of amidine groups is 1. The molecule has 2 aliphatic heterocycles. The minimum atomic E-state index is -0.397. The third-order valence-electron chi connectivity index (χ3n) is 3.10. The van der Waals surface area contributed by atoms with Crippen LogP contribution in [0.15, 0.2) is 29.2 Å². The van der Waals surface area contributed by atoms with Crippen LogP contribution in [-0.2, 0) is 9.59 Å². The third-order valence-corrected chi connectivity index (χ3v) is 4.16. The Labute approximate surface area is 124 Å². The molecule has 0 bridgehead atoms. The maximum Gasteiger partial charge on any atom is 0.264 e. The van der Waals surface area contributed by atoms with E-state index in [0.29, 0.717) is 18.0 Å². The quantitative estimate of drug-likeness (QED) is 0.646. The molecule has 0 radical (unpaired) electrons. The van der Waals surface area contributed by atoms with Crippen LogP contribution in [0.1, 0.15) is 5.56 Å². The molecule has 1 fully saturated rings. The van der Waals surface area contributed by atoms with Gasteiger partial charge in [0.25, 0.3) is 11.8 Å². The molecule has 1 saturated heterocycles. The van der Waals surface area contributed by atoms with Gasteiger partial charge in [-0.15, -0.1) is 11.6 Å². The Morgan fingerprint density at radius 1 is 1.30 bits per heavy atom. The minimum Gasteiger partial charge on any atom is -0.306 e. The summed E-state index contributed by atoms with van der Waals surface area (Å²) in [6.07, 6.45) is 0. The molecular formula is C13H10ClN3O2S. The van der Waals surface area contributed by atoms with Gasteiger partial charge < -0.3 is 10.2 Å². The number of halogens is 1. The molecule has 0 unspecified atom stereocenters. The number of amides is 2. The molecule has 0 spiro atoms. The van der Waals surface area contributed by atoms with Gasteiger partial charge in [-0.05, 0) is 17.8 Å². The van der Waals surface area contributed by atoms with Gasteiger partial charge in [0.15, 0.2) is 5.17 Å². The molecule has 5 nitrogen and oxygen atoms in total. The first kappa shape index (κ1) is 13.2. The van der Waals surface area contributed by atoms with E-state index in [1.807, 2.05) is 18.2 Å². The van der Waals surface area contributed by atoms with E-state index in [-0.39, 0.29) is 16.0 Å². The van der Waals surface area contributed by atoms with E-state index in [1.54, 1.807) is 11.0 Å². The number of para-hydroxylation sites is 1. The van der Waals surface area contributed by atoms with Gasteiger partial charge in [-0.1, -0.05) is 18.2 Å². The van der Waals surface area contributed by atoms with Crippen molar-refractivity contribution in [2.45, 2.75) is 0 Å². The predicted molar refractivity (Wildman–Crippen MR) is 79.9 cm³/mol. The van der Waals surface area contributed by atoms with Crippen molar-refractivity contribution in [2.24, 2.45) is 0 Å². The van der Waals surface area contributed by atoms with E-state index in [1.165, 1.54) is 0 Å². The Bertz CT molecular complexity index is 671. The van der Waals surface area contributed by atoms with Crippen molar-refractivity contribution in [1.29, 1.82) is 5.41 Å². The van der Waals surface area contributed by atoms with E-state index in [4.69, 9.17) is 17.0 Å². The number of thioether (sulfide) groups is 1. The van der Waals surface area contributed by atoms with E-state index in [9.17, 15) is 9.59 Å². The molecular weight excluding hydrogens is 298 g/mol. The summed E-state index contributed by atoms with van der Waals surface area (Å²) in [7, 11) is 0. The first-order valence-electron chi connectivity index (χ1n) is 5.92. The highest BCUT2D eigenvalue weighted by Gasteiger charge is 2.38. The lowest BCUT2D eigenvalue weighted by molar-refractivity contribution is -0.116. The molecule has 1 aromatic rings. The highest BCUT2D eigenvalue weighted by atomic mass is 35.5. The van der Waals surface area contributed by atoms with Crippen molar-refractivity contribution in [3.63, 3.8) is 0 Å². The normalized spacial score (nSPS) is 21.4. The second-order valence-corrected chi connectivity index (χ2v) is 5.65. The molecule has 0 aromatic heterocycles. The number of hydrogen-bond donors (Lipinski definition) is 2. The van der Waals surface area contributed by atoms with Crippen LogP contribution in [0.2, 0.25) is 0 Å². The molecule has 7 heteroatoms. The fourth-order valence-corrected chi connectivity index (χ4v) is 3.26. The Morgan fingerprint density at radius 2 is 2.05 bits per heavy atom.